The van der Waals surface area contributed by atoms with Crippen molar-refractivity contribution in [1.29, 1.82) is 0 Å². The SMILES string of the molecule is O=C(NN=Cc1ccc(OC(=O)c2ccccc2Br)cc1)c1ccccc1O. The first kappa shape index (κ1) is 19.3. The Morgan fingerprint density at radius 3 is 2.25 bits per heavy atom. The molecule has 0 radical (unpaired) electrons. The average molecular weight is 439 g/mol. The number of phenols is 1. The van der Waals surface area contributed by atoms with Crippen LogP contribution in [0.5, 0.6) is 11.5 Å². The summed E-state index contributed by atoms with van der Waals surface area (Å²) in [5, 5.41) is 13.5. The number of nitrogens with one attached hydrogen (secondary N) is 1. The van der Waals surface area contributed by atoms with E-state index in [0.29, 0.717) is 21.3 Å². The minimum absolute atomic E-state index is 0.119. The Kier molecular flexibility index (Phi) is 6.18. The van der Waals surface area contributed by atoms with Crippen molar-refractivity contribution in [3.63, 3.8) is 0 Å². The van der Waals surface area contributed by atoms with E-state index in [4.69, 9.17) is 4.74 Å². The zero-order chi connectivity index (χ0) is 19.9. The average Bonchev–Trinajstić information content (AvgIpc) is 2.70. The van der Waals surface area contributed by atoms with Crippen molar-refractivity contribution in [2.45, 2.75) is 0 Å². The van der Waals surface area contributed by atoms with E-state index in [0.717, 1.165) is 0 Å². The lowest BCUT2D eigenvalue weighted by molar-refractivity contribution is 0.0733. The Balaban J connectivity index is 1.59. The highest BCUT2D eigenvalue weighted by Gasteiger charge is 2.12. The number of hydrazone groups is 1. The molecule has 0 spiro atoms. The summed E-state index contributed by atoms with van der Waals surface area (Å²) in [6, 6.07) is 19.8. The fourth-order valence-corrected chi connectivity index (χ4v) is 2.75. The van der Waals surface area contributed by atoms with Gasteiger partial charge in [0.25, 0.3) is 5.91 Å². The molecule has 28 heavy (non-hydrogen) atoms. The predicted octanol–water partition coefficient (Wildman–Crippen LogP) is 4.14. The lowest BCUT2D eigenvalue weighted by atomic mass is 10.2. The van der Waals surface area contributed by atoms with Crippen LogP contribution in [0.15, 0.2) is 82.4 Å². The Hall–Kier alpha value is -3.45. The van der Waals surface area contributed by atoms with E-state index in [1.165, 1.54) is 18.3 Å². The van der Waals surface area contributed by atoms with Crippen LogP contribution in [0.25, 0.3) is 0 Å². The molecule has 6 nitrogen and oxygen atoms in total. The zero-order valence-corrected chi connectivity index (χ0v) is 16.1. The molecule has 0 fully saturated rings. The van der Waals surface area contributed by atoms with Crippen LogP contribution in [-0.2, 0) is 0 Å². The van der Waals surface area contributed by atoms with Crippen LogP contribution in [0.4, 0.5) is 0 Å². The molecule has 0 aliphatic heterocycles. The largest absolute Gasteiger partial charge is 0.507 e. The number of phenolic OH excluding ortho intramolecular Hbond substituents is 1. The van der Waals surface area contributed by atoms with Gasteiger partial charge in [0, 0.05) is 4.47 Å². The molecule has 7 heteroatoms. The van der Waals surface area contributed by atoms with Crippen LogP contribution in [0.2, 0.25) is 0 Å². The summed E-state index contributed by atoms with van der Waals surface area (Å²) < 4.78 is 6.00. The second-order valence-corrected chi connectivity index (χ2v) is 6.51. The summed E-state index contributed by atoms with van der Waals surface area (Å²) in [5.41, 5.74) is 3.60. The first-order valence-corrected chi connectivity index (χ1v) is 9.02. The Bertz CT molecular complexity index is 1030. The molecule has 2 N–H and O–H groups in total. The van der Waals surface area contributed by atoms with Gasteiger partial charge < -0.3 is 9.84 Å². The fourth-order valence-electron chi connectivity index (χ4n) is 2.30. The summed E-state index contributed by atoms with van der Waals surface area (Å²) in [5.74, 6) is -0.722. The van der Waals surface area contributed by atoms with Gasteiger partial charge in [-0.25, -0.2) is 10.2 Å². The third-order valence-corrected chi connectivity index (χ3v) is 4.40. The molecule has 3 aromatic rings. The Morgan fingerprint density at radius 2 is 1.57 bits per heavy atom. The van der Waals surface area contributed by atoms with Crippen molar-refractivity contribution in [3.8, 4) is 11.5 Å². The van der Waals surface area contributed by atoms with Gasteiger partial charge in [0.2, 0.25) is 0 Å². The van der Waals surface area contributed by atoms with Crippen molar-refractivity contribution in [2.75, 3.05) is 0 Å². The topological polar surface area (TPSA) is 88.0 Å². The fraction of sp³-hybridized carbons (Fsp3) is 0. The number of carbonyl (C=O) groups is 2. The van der Waals surface area contributed by atoms with E-state index in [1.807, 2.05) is 6.07 Å². The number of esters is 1. The number of rotatable bonds is 5. The minimum atomic E-state index is -0.520. The molecule has 0 heterocycles. The number of para-hydroxylation sites is 1. The van der Waals surface area contributed by atoms with E-state index in [-0.39, 0.29) is 11.3 Å². The molecule has 0 bridgehead atoms. The quantitative estimate of drug-likeness (QED) is 0.271. The zero-order valence-electron chi connectivity index (χ0n) is 14.5. The van der Waals surface area contributed by atoms with E-state index >= 15 is 0 Å². The number of halogens is 1. The number of nitrogens with zero attached hydrogens (tertiary/aromatic N) is 1. The third kappa shape index (κ3) is 4.83. The van der Waals surface area contributed by atoms with E-state index in [9.17, 15) is 14.7 Å². The van der Waals surface area contributed by atoms with Gasteiger partial charge in [-0.15, -0.1) is 0 Å². The number of amides is 1. The normalized spacial score (nSPS) is 10.6. The summed E-state index contributed by atoms with van der Waals surface area (Å²) in [6.07, 6.45) is 1.44. The summed E-state index contributed by atoms with van der Waals surface area (Å²) in [6.45, 7) is 0. The van der Waals surface area contributed by atoms with Crippen molar-refractivity contribution in [2.24, 2.45) is 5.10 Å². The summed E-state index contributed by atoms with van der Waals surface area (Å²) >= 11 is 3.31. The van der Waals surface area contributed by atoms with Gasteiger partial charge in [-0.05, 0) is 70.0 Å². The molecule has 3 aromatic carbocycles. The van der Waals surface area contributed by atoms with Gasteiger partial charge in [-0.1, -0.05) is 24.3 Å². The molecule has 3 rings (SSSR count). The van der Waals surface area contributed by atoms with Gasteiger partial charge in [-0.2, -0.15) is 5.10 Å². The third-order valence-electron chi connectivity index (χ3n) is 3.71. The summed E-state index contributed by atoms with van der Waals surface area (Å²) in [7, 11) is 0. The first-order valence-electron chi connectivity index (χ1n) is 8.23. The Labute approximate surface area is 169 Å². The van der Waals surface area contributed by atoms with Gasteiger partial charge >= 0.3 is 5.97 Å². The standard InChI is InChI=1S/C21H15BrN2O4/c22-18-7-3-1-5-16(18)21(27)28-15-11-9-14(10-12-15)13-23-24-20(26)17-6-2-4-8-19(17)25/h1-13,25H,(H,24,26). The number of benzene rings is 3. The van der Waals surface area contributed by atoms with Crippen LogP contribution in [-0.4, -0.2) is 23.2 Å². The highest BCUT2D eigenvalue weighted by atomic mass is 79.9. The molecule has 0 aliphatic rings. The highest BCUT2D eigenvalue weighted by Crippen LogP contribution is 2.19. The second kappa shape index (κ2) is 8.96. The van der Waals surface area contributed by atoms with E-state index in [2.05, 4.69) is 26.5 Å². The molecule has 0 aromatic heterocycles. The van der Waals surface area contributed by atoms with Crippen molar-refractivity contribution in [1.82, 2.24) is 5.43 Å². The van der Waals surface area contributed by atoms with Gasteiger partial charge in [0.05, 0.1) is 17.3 Å². The molecular weight excluding hydrogens is 424 g/mol. The molecular formula is C21H15BrN2O4. The molecule has 140 valence electrons. The lowest BCUT2D eigenvalue weighted by Gasteiger charge is -2.06. The van der Waals surface area contributed by atoms with Crippen LogP contribution in [0.3, 0.4) is 0 Å². The maximum Gasteiger partial charge on any atom is 0.344 e. The number of hydrogen-bond donors (Lipinski definition) is 2. The predicted molar refractivity (Wildman–Crippen MR) is 109 cm³/mol. The number of ether oxygens (including phenoxy) is 1. The molecule has 0 aliphatic carbocycles. The highest BCUT2D eigenvalue weighted by molar-refractivity contribution is 9.10. The van der Waals surface area contributed by atoms with E-state index < -0.39 is 11.9 Å². The number of carbonyl (C=O) groups excluding carboxylic acids is 2. The smallest absolute Gasteiger partial charge is 0.344 e. The van der Waals surface area contributed by atoms with Crippen molar-refractivity contribution < 1.29 is 19.4 Å². The van der Waals surface area contributed by atoms with Crippen LogP contribution in [0, 0.1) is 0 Å². The number of hydrogen-bond acceptors (Lipinski definition) is 5. The van der Waals surface area contributed by atoms with Crippen molar-refractivity contribution >= 4 is 34.0 Å². The second-order valence-electron chi connectivity index (χ2n) is 5.65. The molecule has 0 unspecified atom stereocenters. The molecule has 0 atom stereocenters. The molecule has 0 saturated heterocycles. The number of aromatic hydroxyl groups is 1. The van der Waals surface area contributed by atoms with Crippen LogP contribution >= 0.6 is 15.9 Å². The van der Waals surface area contributed by atoms with Gasteiger partial charge in [0.1, 0.15) is 11.5 Å². The maximum absolute atomic E-state index is 12.2. The monoisotopic (exact) mass is 438 g/mol. The molecule has 1 amide bonds. The van der Waals surface area contributed by atoms with Gasteiger partial charge in [-0.3, -0.25) is 4.79 Å². The maximum atomic E-state index is 12.2. The lowest BCUT2D eigenvalue weighted by Crippen LogP contribution is -2.17. The first-order chi connectivity index (χ1) is 13.5. The van der Waals surface area contributed by atoms with Gasteiger partial charge in [0.15, 0.2) is 0 Å². The van der Waals surface area contributed by atoms with E-state index in [1.54, 1.807) is 54.6 Å². The van der Waals surface area contributed by atoms with Crippen LogP contribution in [0.1, 0.15) is 26.3 Å². The van der Waals surface area contributed by atoms with Crippen LogP contribution < -0.4 is 10.2 Å². The minimum Gasteiger partial charge on any atom is -0.507 e. The Morgan fingerprint density at radius 1 is 0.929 bits per heavy atom. The molecule has 0 saturated carbocycles. The summed E-state index contributed by atoms with van der Waals surface area (Å²) in [4.78, 5) is 24.1. The van der Waals surface area contributed by atoms with Crippen molar-refractivity contribution in [3.05, 3.63) is 94.0 Å².